The number of nitrogens with zero attached hydrogens (tertiary/aromatic N) is 1. The lowest BCUT2D eigenvalue weighted by atomic mass is 10.1. The third-order valence-electron chi connectivity index (χ3n) is 3.74. The largest absolute Gasteiger partial charge is 0.366 e. The number of thiophene rings is 1. The number of carbonyl (C=O) groups is 3. The van der Waals surface area contributed by atoms with E-state index >= 15 is 0 Å². The van der Waals surface area contributed by atoms with E-state index in [0.717, 1.165) is 12.8 Å². The molecule has 0 aliphatic carbocycles. The molecule has 0 saturated carbocycles. The monoisotopic (exact) mass is 373 g/mol. The highest BCUT2D eigenvalue weighted by atomic mass is 32.1. The summed E-state index contributed by atoms with van der Waals surface area (Å²) >= 11 is 1.31. The van der Waals surface area contributed by atoms with E-state index in [2.05, 4.69) is 5.32 Å². The Balaban J connectivity index is 2.33. The highest BCUT2D eigenvalue weighted by Gasteiger charge is 2.18. The summed E-state index contributed by atoms with van der Waals surface area (Å²) in [7, 11) is 0. The first kappa shape index (κ1) is 19.7. The van der Waals surface area contributed by atoms with Gasteiger partial charge in [0.2, 0.25) is 5.91 Å². The summed E-state index contributed by atoms with van der Waals surface area (Å²) in [4.78, 5) is 39.0. The molecule has 1 heterocycles. The van der Waals surface area contributed by atoms with Crippen LogP contribution in [0.25, 0.3) is 0 Å². The fraction of sp³-hybridized carbons (Fsp3) is 0.316. The lowest BCUT2D eigenvalue weighted by Gasteiger charge is -2.22. The van der Waals surface area contributed by atoms with Gasteiger partial charge in [-0.3, -0.25) is 14.4 Å². The number of carbonyl (C=O) groups excluding carboxylic acids is 3. The predicted molar refractivity (Wildman–Crippen MR) is 104 cm³/mol. The fourth-order valence-electron chi connectivity index (χ4n) is 2.60. The molecule has 0 bridgehead atoms. The van der Waals surface area contributed by atoms with Crippen molar-refractivity contribution in [2.75, 3.05) is 18.4 Å². The van der Waals surface area contributed by atoms with Crippen LogP contribution < -0.4 is 11.1 Å². The van der Waals surface area contributed by atoms with Crippen molar-refractivity contribution in [3.05, 3.63) is 51.7 Å². The van der Waals surface area contributed by atoms with E-state index in [1.165, 1.54) is 23.5 Å². The number of hydrogen-bond donors (Lipinski definition) is 2. The minimum atomic E-state index is -0.649. The summed E-state index contributed by atoms with van der Waals surface area (Å²) < 4.78 is 0. The fourth-order valence-corrected chi connectivity index (χ4v) is 3.22. The van der Waals surface area contributed by atoms with Gasteiger partial charge >= 0.3 is 0 Å². The maximum atomic E-state index is 12.8. The highest BCUT2D eigenvalue weighted by Crippen LogP contribution is 2.19. The Labute approximate surface area is 157 Å². The molecule has 0 spiro atoms. The number of amides is 3. The molecule has 0 fully saturated rings. The van der Waals surface area contributed by atoms with Crippen molar-refractivity contribution in [1.29, 1.82) is 0 Å². The van der Waals surface area contributed by atoms with Crippen molar-refractivity contribution in [3.8, 4) is 0 Å². The zero-order valence-electron chi connectivity index (χ0n) is 15.0. The van der Waals surface area contributed by atoms with Gasteiger partial charge in [-0.05, 0) is 42.5 Å². The van der Waals surface area contributed by atoms with Gasteiger partial charge in [-0.25, -0.2) is 0 Å². The Hall–Kier alpha value is -2.67. The highest BCUT2D eigenvalue weighted by molar-refractivity contribution is 7.12. The molecule has 6 nitrogen and oxygen atoms in total. The summed E-state index contributed by atoms with van der Waals surface area (Å²) in [6.07, 6.45) is 1.67. The molecule has 0 aliphatic rings. The minimum absolute atomic E-state index is 0.177. The second-order valence-electron chi connectivity index (χ2n) is 5.89. The Morgan fingerprint density at radius 3 is 2.27 bits per heavy atom. The van der Waals surface area contributed by atoms with Crippen LogP contribution in [0.15, 0.2) is 35.7 Å². The molecule has 138 valence electrons. The van der Waals surface area contributed by atoms with Gasteiger partial charge in [0, 0.05) is 29.9 Å². The van der Waals surface area contributed by atoms with Crippen molar-refractivity contribution in [3.63, 3.8) is 0 Å². The van der Waals surface area contributed by atoms with E-state index in [0.29, 0.717) is 29.2 Å². The Bertz CT molecular complexity index is 781. The topological polar surface area (TPSA) is 92.5 Å². The molecule has 7 heteroatoms. The third kappa shape index (κ3) is 4.92. The number of anilines is 1. The summed E-state index contributed by atoms with van der Waals surface area (Å²) in [5.41, 5.74) is 6.29. The van der Waals surface area contributed by atoms with Crippen molar-refractivity contribution >= 4 is 34.7 Å². The standard InChI is InChI=1S/C19H23N3O3S/c1-3-7-22(8-4-2)19(25)14-10-13(17(20)23)11-15(12-14)21-18(24)16-6-5-9-26-16/h5-6,9-12H,3-4,7-8H2,1-2H3,(H2,20,23)(H,21,24). The van der Waals surface area contributed by atoms with Crippen LogP contribution in [0.3, 0.4) is 0 Å². The van der Waals surface area contributed by atoms with Crippen molar-refractivity contribution in [1.82, 2.24) is 4.90 Å². The molecule has 0 atom stereocenters. The third-order valence-corrected chi connectivity index (χ3v) is 4.61. The van der Waals surface area contributed by atoms with E-state index in [4.69, 9.17) is 5.73 Å². The first-order valence-electron chi connectivity index (χ1n) is 8.55. The minimum Gasteiger partial charge on any atom is -0.366 e. The average Bonchev–Trinajstić information content (AvgIpc) is 3.15. The zero-order chi connectivity index (χ0) is 19.1. The number of nitrogens with one attached hydrogen (secondary N) is 1. The van der Waals surface area contributed by atoms with Gasteiger partial charge in [-0.15, -0.1) is 11.3 Å². The molecule has 1 aromatic carbocycles. The van der Waals surface area contributed by atoms with Crippen LogP contribution in [0, 0.1) is 0 Å². The van der Waals surface area contributed by atoms with Gasteiger partial charge in [0.1, 0.15) is 0 Å². The van der Waals surface area contributed by atoms with Gasteiger partial charge in [0.25, 0.3) is 11.8 Å². The molecule has 3 amide bonds. The number of hydrogen-bond acceptors (Lipinski definition) is 4. The molecular formula is C19H23N3O3S. The quantitative estimate of drug-likeness (QED) is 0.743. The van der Waals surface area contributed by atoms with E-state index < -0.39 is 5.91 Å². The van der Waals surface area contributed by atoms with Crippen LogP contribution in [0.5, 0.6) is 0 Å². The molecule has 0 radical (unpaired) electrons. The van der Waals surface area contributed by atoms with E-state index in [1.54, 1.807) is 28.5 Å². The first-order valence-corrected chi connectivity index (χ1v) is 9.43. The van der Waals surface area contributed by atoms with E-state index in [9.17, 15) is 14.4 Å². The summed E-state index contributed by atoms with van der Waals surface area (Å²) in [6, 6.07) is 8.02. The lowest BCUT2D eigenvalue weighted by molar-refractivity contribution is 0.0755. The van der Waals surface area contributed by atoms with Crippen LogP contribution in [0.2, 0.25) is 0 Å². The maximum absolute atomic E-state index is 12.8. The van der Waals surface area contributed by atoms with Crippen LogP contribution in [0.1, 0.15) is 57.1 Å². The molecule has 3 N–H and O–H groups in total. The zero-order valence-corrected chi connectivity index (χ0v) is 15.8. The molecular weight excluding hydrogens is 350 g/mol. The molecule has 2 aromatic rings. The van der Waals surface area contributed by atoms with Gasteiger partial charge in [0.15, 0.2) is 0 Å². The van der Waals surface area contributed by atoms with Gasteiger partial charge in [-0.1, -0.05) is 19.9 Å². The first-order chi connectivity index (χ1) is 12.5. The van der Waals surface area contributed by atoms with E-state index in [1.807, 2.05) is 13.8 Å². The maximum Gasteiger partial charge on any atom is 0.265 e. The number of benzene rings is 1. The van der Waals surface area contributed by atoms with Gasteiger partial charge in [0.05, 0.1) is 4.88 Å². The van der Waals surface area contributed by atoms with Crippen LogP contribution in [0.4, 0.5) is 5.69 Å². The van der Waals surface area contributed by atoms with Crippen LogP contribution >= 0.6 is 11.3 Å². The molecule has 0 unspecified atom stereocenters. The lowest BCUT2D eigenvalue weighted by Crippen LogP contribution is -2.32. The molecule has 26 heavy (non-hydrogen) atoms. The Morgan fingerprint density at radius 2 is 1.73 bits per heavy atom. The van der Waals surface area contributed by atoms with Crippen LogP contribution in [-0.4, -0.2) is 35.7 Å². The van der Waals surface area contributed by atoms with Gasteiger partial charge < -0.3 is 16.0 Å². The second kappa shape index (κ2) is 9.15. The number of primary amides is 1. The molecule has 0 saturated heterocycles. The Kier molecular flexibility index (Phi) is 6.91. The SMILES string of the molecule is CCCN(CCC)C(=O)c1cc(NC(=O)c2cccs2)cc(C(N)=O)c1. The summed E-state index contributed by atoms with van der Waals surface area (Å²) in [5.74, 6) is -1.12. The summed E-state index contributed by atoms with van der Waals surface area (Å²) in [5, 5.41) is 4.53. The van der Waals surface area contributed by atoms with Crippen molar-refractivity contribution in [2.45, 2.75) is 26.7 Å². The normalized spacial score (nSPS) is 10.4. The smallest absolute Gasteiger partial charge is 0.265 e. The van der Waals surface area contributed by atoms with Gasteiger partial charge in [-0.2, -0.15) is 0 Å². The van der Waals surface area contributed by atoms with Crippen LogP contribution in [-0.2, 0) is 0 Å². The van der Waals surface area contributed by atoms with Crippen molar-refractivity contribution in [2.24, 2.45) is 5.73 Å². The second-order valence-corrected chi connectivity index (χ2v) is 6.83. The Morgan fingerprint density at radius 1 is 1.08 bits per heavy atom. The average molecular weight is 373 g/mol. The molecule has 2 rings (SSSR count). The predicted octanol–water partition coefficient (Wildman–Crippen LogP) is 3.36. The number of nitrogens with two attached hydrogens (primary N) is 1. The molecule has 1 aromatic heterocycles. The van der Waals surface area contributed by atoms with Crippen molar-refractivity contribution < 1.29 is 14.4 Å². The molecule has 0 aliphatic heterocycles. The number of rotatable bonds is 8. The summed E-state index contributed by atoms with van der Waals surface area (Å²) in [6.45, 7) is 5.26. The van der Waals surface area contributed by atoms with E-state index in [-0.39, 0.29) is 17.4 Å².